The van der Waals surface area contributed by atoms with Crippen LogP contribution in [-0.2, 0) is 4.79 Å². The van der Waals surface area contributed by atoms with Gasteiger partial charge in [-0.05, 0) is 27.2 Å². The molecule has 0 unspecified atom stereocenters. The van der Waals surface area contributed by atoms with Gasteiger partial charge >= 0.3 is 0 Å². The zero-order valence-corrected chi connectivity index (χ0v) is 9.34. The topological polar surface area (TPSA) is 20.3 Å². The van der Waals surface area contributed by atoms with Crippen molar-refractivity contribution in [3.8, 4) is 0 Å². The Hall–Kier alpha value is -1.05. The smallest absolute Gasteiger partial charge is 0.157 e. The Balaban J connectivity index is 2.83. The second kappa shape index (κ2) is 3.99. The molecule has 0 bridgehead atoms. The van der Waals surface area contributed by atoms with Crippen LogP contribution in [0.1, 0.15) is 33.6 Å². The van der Waals surface area contributed by atoms with Gasteiger partial charge in [-0.1, -0.05) is 6.08 Å². The van der Waals surface area contributed by atoms with Crippen LogP contribution in [0.4, 0.5) is 0 Å². The molecule has 1 rings (SSSR count). The van der Waals surface area contributed by atoms with Crippen LogP contribution < -0.4 is 0 Å². The van der Waals surface area contributed by atoms with Crippen molar-refractivity contribution in [2.75, 3.05) is 6.54 Å². The fourth-order valence-corrected chi connectivity index (χ4v) is 1.75. The van der Waals surface area contributed by atoms with E-state index in [1.807, 2.05) is 6.08 Å². The number of hydrogen-bond acceptors (Lipinski definition) is 2. The number of carbonyl (C=O) groups excluding carboxylic acids is 1. The average Bonchev–Trinajstić information content (AvgIpc) is 2.45. The van der Waals surface area contributed by atoms with E-state index in [-0.39, 0.29) is 11.3 Å². The van der Waals surface area contributed by atoms with E-state index < -0.39 is 0 Å². The lowest BCUT2D eigenvalue weighted by molar-refractivity contribution is -0.114. The number of nitrogens with zero attached hydrogens (tertiary/aromatic N) is 1. The third kappa shape index (κ3) is 2.47. The van der Waals surface area contributed by atoms with Crippen molar-refractivity contribution in [2.24, 2.45) is 0 Å². The van der Waals surface area contributed by atoms with Crippen LogP contribution in [0.25, 0.3) is 0 Å². The van der Waals surface area contributed by atoms with Gasteiger partial charge in [0, 0.05) is 30.3 Å². The van der Waals surface area contributed by atoms with Crippen LogP contribution in [-0.4, -0.2) is 22.8 Å². The largest absolute Gasteiger partial charge is 0.366 e. The lowest BCUT2D eigenvalue weighted by Crippen LogP contribution is -2.40. The van der Waals surface area contributed by atoms with Gasteiger partial charge in [-0.2, -0.15) is 0 Å². The van der Waals surface area contributed by atoms with Crippen LogP contribution in [0.2, 0.25) is 0 Å². The van der Waals surface area contributed by atoms with Crippen molar-refractivity contribution < 1.29 is 4.79 Å². The number of carbonyl (C=O) groups is 1. The van der Waals surface area contributed by atoms with Crippen molar-refractivity contribution in [1.82, 2.24) is 4.90 Å². The molecular weight excluding hydrogens is 174 g/mol. The first kappa shape index (κ1) is 11.0. The molecule has 0 spiro atoms. The summed E-state index contributed by atoms with van der Waals surface area (Å²) in [4.78, 5) is 13.4. The van der Waals surface area contributed by atoms with E-state index in [4.69, 9.17) is 0 Å². The maximum absolute atomic E-state index is 11.2. The summed E-state index contributed by atoms with van der Waals surface area (Å²) in [6, 6.07) is 0. The maximum Gasteiger partial charge on any atom is 0.157 e. The van der Waals surface area contributed by atoms with Crippen LogP contribution in [0.3, 0.4) is 0 Å². The molecule has 0 aromatic rings. The van der Waals surface area contributed by atoms with Crippen molar-refractivity contribution >= 4 is 5.78 Å². The maximum atomic E-state index is 11.2. The zero-order chi connectivity index (χ0) is 10.8. The summed E-state index contributed by atoms with van der Waals surface area (Å²) in [6.07, 6.45) is 5.20. The Bertz CT molecular complexity index is 271. The Morgan fingerprint density at radius 1 is 1.50 bits per heavy atom. The molecule has 0 amide bonds. The summed E-state index contributed by atoms with van der Waals surface area (Å²) in [5, 5.41) is 0. The van der Waals surface area contributed by atoms with Gasteiger partial charge in [0.1, 0.15) is 0 Å². The van der Waals surface area contributed by atoms with Gasteiger partial charge in [-0.15, -0.1) is 6.58 Å². The van der Waals surface area contributed by atoms with Gasteiger partial charge in [0.15, 0.2) is 5.78 Å². The highest BCUT2D eigenvalue weighted by atomic mass is 16.1. The van der Waals surface area contributed by atoms with Crippen molar-refractivity contribution in [3.05, 3.63) is 24.4 Å². The van der Waals surface area contributed by atoms with E-state index in [9.17, 15) is 4.79 Å². The summed E-state index contributed by atoms with van der Waals surface area (Å²) in [6.45, 7) is 11.0. The van der Waals surface area contributed by atoms with Gasteiger partial charge in [0.25, 0.3) is 0 Å². The molecule has 0 saturated heterocycles. The van der Waals surface area contributed by atoms with Crippen molar-refractivity contribution in [2.45, 2.75) is 39.2 Å². The van der Waals surface area contributed by atoms with Crippen molar-refractivity contribution in [1.29, 1.82) is 0 Å². The molecule has 14 heavy (non-hydrogen) atoms. The lowest BCUT2D eigenvalue weighted by atomic mass is 10.0. The summed E-state index contributed by atoms with van der Waals surface area (Å²) >= 11 is 0. The highest BCUT2D eigenvalue weighted by Crippen LogP contribution is 2.26. The third-order valence-corrected chi connectivity index (χ3v) is 2.42. The highest BCUT2D eigenvalue weighted by Gasteiger charge is 2.25. The molecule has 2 heteroatoms. The molecule has 0 heterocycles. The Morgan fingerprint density at radius 3 is 2.50 bits per heavy atom. The molecule has 1 aliphatic rings. The minimum atomic E-state index is 0.0602. The van der Waals surface area contributed by atoms with Gasteiger partial charge in [0.2, 0.25) is 0 Å². The molecule has 1 aliphatic carbocycles. The van der Waals surface area contributed by atoms with E-state index in [0.29, 0.717) is 6.42 Å². The molecule has 0 radical (unpaired) electrons. The quantitative estimate of drug-likeness (QED) is 0.642. The van der Waals surface area contributed by atoms with Crippen molar-refractivity contribution in [3.63, 3.8) is 0 Å². The minimum absolute atomic E-state index is 0.0602. The Labute approximate surface area is 86.3 Å². The van der Waals surface area contributed by atoms with Crippen LogP contribution in [0, 0.1) is 0 Å². The first-order valence-electron chi connectivity index (χ1n) is 5.07. The molecule has 0 aromatic heterocycles. The second-order valence-corrected chi connectivity index (χ2v) is 4.67. The van der Waals surface area contributed by atoms with E-state index in [2.05, 4.69) is 32.3 Å². The molecule has 0 aromatic carbocycles. The molecular formula is C12H19NO. The minimum Gasteiger partial charge on any atom is -0.366 e. The van der Waals surface area contributed by atoms with E-state index in [1.165, 1.54) is 0 Å². The third-order valence-electron chi connectivity index (χ3n) is 2.42. The second-order valence-electron chi connectivity index (χ2n) is 4.67. The molecule has 0 saturated carbocycles. The Kier molecular flexibility index (Phi) is 3.14. The normalized spacial score (nSPS) is 16.8. The number of allylic oxidation sites excluding steroid dienone is 2. The van der Waals surface area contributed by atoms with Crippen LogP contribution in [0.15, 0.2) is 24.4 Å². The standard InChI is InChI=1S/C12H19NO/c1-5-8-13(12(2,3)4)10-6-7-11(14)9-10/h5,9H,1,6-8H2,2-4H3. The van der Waals surface area contributed by atoms with Gasteiger partial charge < -0.3 is 4.90 Å². The fraction of sp³-hybridized carbons (Fsp3) is 0.583. The highest BCUT2D eigenvalue weighted by molar-refractivity contribution is 5.92. The number of hydrogen-bond donors (Lipinski definition) is 0. The Morgan fingerprint density at radius 2 is 2.14 bits per heavy atom. The molecule has 78 valence electrons. The van der Waals surface area contributed by atoms with Gasteiger partial charge in [0.05, 0.1) is 0 Å². The summed E-state index contributed by atoms with van der Waals surface area (Å²) < 4.78 is 0. The predicted molar refractivity (Wildman–Crippen MR) is 59.0 cm³/mol. The van der Waals surface area contributed by atoms with Gasteiger partial charge in [-0.3, -0.25) is 4.79 Å². The van der Waals surface area contributed by atoms with Gasteiger partial charge in [-0.25, -0.2) is 0 Å². The lowest BCUT2D eigenvalue weighted by Gasteiger charge is -2.37. The monoisotopic (exact) mass is 193 g/mol. The average molecular weight is 193 g/mol. The van der Waals surface area contributed by atoms with E-state index >= 15 is 0 Å². The fourth-order valence-electron chi connectivity index (χ4n) is 1.75. The number of rotatable bonds is 3. The molecule has 0 fully saturated rings. The summed E-state index contributed by atoms with van der Waals surface area (Å²) in [5.74, 6) is 0.248. The van der Waals surface area contributed by atoms with Crippen LogP contribution in [0.5, 0.6) is 0 Å². The van der Waals surface area contributed by atoms with E-state index in [1.54, 1.807) is 6.08 Å². The van der Waals surface area contributed by atoms with E-state index in [0.717, 1.165) is 18.7 Å². The molecule has 0 aliphatic heterocycles. The summed E-state index contributed by atoms with van der Waals surface area (Å²) in [7, 11) is 0. The molecule has 0 atom stereocenters. The predicted octanol–water partition coefficient (Wildman–Crippen LogP) is 2.52. The first-order valence-corrected chi connectivity index (χ1v) is 5.07. The number of ketones is 1. The molecule has 0 N–H and O–H groups in total. The first-order chi connectivity index (χ1) is 6.45. The SMILES string of the molecule is C=CCN(C1=CC(=O)CC1)C(C)(C)C. The van der Waals surface area contributed by atoms with Crippen LogP contribution >= 0.6 is 0 Å². The zero-order valence-electron chi connectivity index (χ0n) is 9.34. The molecule has 2 nitrogen and oxygen atoms in total. The summed E-state index contributed by atoms with van der Waals surface area (Å²) in [5.41, 5.74) is 1.22.